The molecule has 0 radical (unpaired) electrons. The monoisotopic (exact) mass is 1040 g/mol. The van der Waals surface area contributed by atoms with E-state index in [9.17, 15) is 20.1 Å². The van der Waals surface area contributed by atoms with Gasteiger partial charge >= 0.3 is 24.8 Å². The first kappa shape index (κ1) is 64.9. The minimum absolute atomic E-state index is 0. The zero-order valence-corrected chi connectivity index (χ0v) is 50.5. The molecule has 8 aliphatic carbocycles. The summed E-state index contributed by atoms with van der Waals surface area (Å²) in [6, 6.07) is 9.44. The summed E-state index contributed by atoms with van der Waals surface area (Å²) in [5.41, 5.74) is 1.64. The van der Waals surface area contributed by atoms with E-state index < -0.39 is 11.2 Å². The molecule has 0 bridgehead atoms. The molecule has 0 aliphatic heterocycles. The van der Waals surface area contributed by atoms with Gasteiger partial charge in [-0.3, -0.25) is 0 Å². The quantitative estimate of drug-likeness (QED) is 0.142. The van der Waals surface area contributed by atoms with Crippen LogP contribution in [-0.4, -0.2) is 50.2 Å². The Morgan fingerprint density at radius 3 is 1.39 bits per heavy atom. The summed E-state index contributed by atoms with van der Waals surface area (Å²) in [5.74, 6) is 9.83. The minimum atomic E-state index is -0.444. The maximum Gasteiger partial charge on any atom is 1.00 e. The summed E-state index contributed by atoms with van der Waals surface area (Å²) >= 11 is 0. The topological polar surface area (TPSA) is 117 Å². The van der Waals surface area contributed by atoms with Gasteiger partial charge in [-0.1, -0.05) is 128 Å². The smallest absolute Gasteiger partial charge is 0.870 e. The summed E-state index contributed by atoms with van der Waals surface area (Å²) in [4.78, 5) is 12.8. The average Bonchev–Trinajstić information content (AvgIpc) is 3.85. The first-order valence-corrected chi connectivity index (χ1v) is 30.9. The van der Waals surface area contributed by atoms with Crippen LogP contribution in [0.1, 0.15) is 269 Å². The fourth-order valence-electron chi connectivity index (χ4n) is 20.3. The van der Waals surface area contributed by atoms with Crippen LogP contribution in [0.2, 0.25) is 0 Å². The van der Waals surface area contributed by atoms with E-state index in [1.165, 1.54) is 109 Å². The molecule has 0 saturated heterocycles. The van der Waals surface area contributed by atoms with Crippen LogP contribution in [-0.2, 0) is 4.74 Å². The van der Waals surface area contributed by atoms with Gasteiger partial charge in [0.2, 0.25) is 0 Å². The number of hydrogen-bond donors (Lipinski definition) is 3. The van der Waals surface area contributed by atoms with Crippen molar-refractivity contribution in [1.29, 1.82) is 0 Å². The van der Waals surface area contributed by atoms with Crippen LogP contribution in [0.4, 0.5) is 0 Å². The molecule has 0 amide bonds. The van der Waals surface area contributed by atoms with E-state index >= 15 is 0 Å². The second-order valence-electron chi connectivity index (χ2n) is 31.5. The van der Waals surface area contributed by atoms with Gasteiger partial charge in [-0.2, -0.15) is 0 Å². The Balaban J connectivity index is 0.000000273. The largest absolute Gasteiger partial charge is 1.00 e. The number of fused-ring (bicyclic) bond motifs is 10. The number of esters is 1. The van der Waals surface area contributed by atoms with Crippen molar-refractivity contribution in [3.63, 3.8) is 0 Å². The molecule has 0 unspecified atom stereocenters. The van der Waals surface area contributed by atoms with Crippen LogP contribution in [0.15, 0.2) is 30.3 Å². The first-order valence-electron chi connectivity index (χ1n) is 30.9. The molecule has 0 aromatic heterocycles. The molecule has 1 aromatic carbocycles. The van der Waals surface area contributed by atoms with Crippen molar-refractivity contribution >= 4 is 5.97 Å². The van der Waals surface area contributed by atoms with Gasteiger partial charge in [0, 0.05) is 0 Å². The number of carbonyl (C=O) groups is 1. The van der Waals surface area contributed by atoms with Crippen molar-refractivity contribution in [2.45, 2.75) is 282 Å². The summed E-state index contributed by atoms with van der Waals surface area (Å²) in [6.45, 7) is 32.8. The number of hydrogen-bond acceptors (Lipinski definition) is 6. The van der Waals surface area contributed by atoms with E-state index in [0.717, 1.165) is 104 Å². The van der Waals surface area contributed by atoms with Gasteiger partial charge in [0.15, 0.2) is 0 Å². The molecule has 8 saturated carbocycles. The van der Waals surface area contributed by atoms with Gasteiger partial charge in [-0.25, -0.2) is 4.79 Å². The molecule has 75 heavy (non-hydrogen) atoms. The van der Waals surface area contributed by atoms with Gasteiger partial charge in [0.1, 0.15) is 6.10 Å². The summed E-state index contributed by atoms with van der Waals surface area (Å²) in [5, 5.41) is 32.0. The predicted molar refractivity (Wildman–Crippen MR) is 307 cm³/mol. The molecule has 0 heterocycles. The van der Waals surface area contributed by atoms with Crippen molar-refractivity contribution in [2.75, 3.05) is 0 Å². The van der Waals surface area contributed by atoms with E-state index in [1.807, 2.05) is 30.3 Å². The van der Waals surface area contributed by atoms with Crippen LogP contribution in [0.5, 0.6) is 0 Å². The first-order chi connectivity index (χ1) is 33.5. The number of carbonyl (C=O) groups excluding carboxylic acids is 1. The molecule has 426 valence electrons. The molecule has 0 spiro atoms. The third kappa shape index (κ3) is 13.2. The van der Waals surface area contributed by atoms with Crippen molar-refractivity contribution in [3.8, 4) is 0 Å². The van der Waals surface area contributed by atoms with E-state index in [2.05, 4.69) is 96.9 Å². The van der Waals surface area contributed by atoms with E-state index in [4.69, 9.17) is 4.74 Å². The second-order valence-corrected chi connectivity index (χ2v) is 31.5. The molecule has 8 fully saturated rings. The van der Waals surface area contributed by atoms with Gasteiger partial charge in [0.25, 0.3) is 0 Å². The Kier molecular flexibility index (Phi) is 21.0. The summed E-state index contributed by atoms with van der Waals surface area (Å²) < 4.78 is 6.08. The number of rotatable bonds is 12. The third-order valence-electron chi connectivity index (χ3n) is 24.9. The minimum Gasteiger partial charge on any atom is -0.870 e. The molecule has 6 nitrogen and oxygen atoms in total. The molecule has 20 atom stereocenters. The SMILES string of the molecule is C.C[C@H](CCC[C@H](O)C(C)(C)C)[C@H]1CC[C@H]2[C@@H]3CC[C@H]4C[C@@](C)(O)CC[C@]4(C)[C@H]3CC[C@]12C.C[C@H](CCC[C@H](OC(=O)c1ccccc1)C(C)(C)C)[C@H]1CC[C@H]2[C@@H]3CC[C@H]4C[C@@](C)(O)CC[C@]4(C)[C@H]3CC[C@]12C.[Li+].[OH-]. The van der Waals surface area contributed by atoms with Crippen molar-refractivity contribution < 1.29 is 49.2 Å². The summed E-state index contributed by atoms with van der Waals surface area (Å²) in [6.07, 6.45) is 29.8. The second kappa shape index (κ2) is 24.3. The van der Waals surface area contributed by atoms with Gasteiger partial charge in [-0.05, 0) is 264 Å². The maximum absolute atomic E-state index is 12.8. The maximum atomic E-state index is 12.8. The fraction of sp³-hybridized carbons (Fsp3) is 0.897. The van der Waals surface area contributed by atoms with E-state index in [-0.39, 0.29) is 60.8 Å². The van der Waals surface area contributed by atoms with Crippen LogP contribution >= 0.6 is 0 Å². The van der Waals surface area contributed by atoms with Crippen molar-refractivity contribution in [1.82, 2.24) is 0 Å². The molecule has 4 N–H and O–H groups in total. The Morgan fingerprint density at radius 1 is 0.560 bits per heavy atom. The van der Waals surface area contributed by atoms with Crippen LogP contribution in [0, 0.1) is 104 Å². The number of ether oxygens (including phenoxy) is 1. The third-order valence-corrected chi connectivity index (χ3v) is 24.9. The van der Waals surface area contributed by atoms with E-state index in [1.54, 1.807) is 0 Å². The normalized spacial score (nSPS) is 42.5. The van der Waals surface area contributed by atoms with Crippen molar-refractivity contribution in [2.24, 2.45) is 104 Å². The van der Waals surface area contributed by atoms with Gasteiger partial charge < -0.3 is 25.5 Å². The van der Waals surface area contributed by atoms with Crippen molar-refractivity contribution in [3.05, 3.63) is 35.9 Å². The number of aliphatic hydroxyl groups is 3. The van der Waals surface area contributed by atoms with Gasteiger partial charge in [0.05, 0.1) is 22.9 Å². The predicted octanol–water partition coefficient (Wildman–Crippen LogP) is 14.5. The van der Waals surface area contributed by atoms with Crippen LogP contribution in [0.3, 0.4) is 0 Å². The molecule has 9 rings (SSSR count). The Labute approximate surface area is 473 Å². The molecular weight excluding hydrogens is 920 g/mol. The fourth-order valence-corrected chi connectivity index (χ4v) is 20.3. The summed E-state index contributed by atoms with van der Waals surface area (Å²) in [7, 11) is 0. The van der Waals surface area contributed by atoms with Crippen LogP contribution < -0.4 is 18.9 Å². The number of benzene rings is 1. The Morgan fingerprint density at radius 2 is 0.973 bits per heavy atom. The number of aliphatic hydroxyl groups excluding tert-OH is 1. The van der Waals surface area contributed by atoms with Crippen LogP contribution in [0.25, 0.3) is 0 Å². The average molecular weight is 1040 g/mol. The Hall–Kier alpha value is -0.873. The van der Waals surface area contributed by atoms with Gasteiger partial charge in [-0.15, -0.1) is 0 Å². The Bertz CT molecular complexity index is 1970. The zero-order valence-electron chi connectivity index (χ0n) is 50.5. The molecule has 8 aliphatic rings. The molecule has 1 aromatic rings. The molecule has 7 heteroatoms. The standard InChI is InChI=1S/C37H58O3.C30H54O2.CH4.Li.H2O/c1-25(12-11-15-32(34(2,3)4)40-33(38)26-13-9-8-10-14-26)29-18-19-30-28-17-16-27-24-35(5,39)22-23-36(27,6)31(28)20-21-37(29,30)7;1-20(9-8-10-26(31)27(2,3)4)23-13-14-24-22-12-11-21-19-28(5,32)17-18-29(21,6)25(22)15-16-30(23,24)7;;;/h8-10,13-14,25,27-32,39H,11-12,15-24H2,1-7H3;20-26,31-32H,8-19H2,1-7H3;1H4;;1H2/q;;;+1;/p-1/t25-,27+,28+,29-,30+,31+,32+,35+,36+,37-;20-,21+,22+,23-,24+,25+,26+,28+,29+,30-;;;/m11.../s1. The molecular formula is C68H117LiO6. The zero-order chi connectivity index (χ0) is 52.5. The van der Waals surface area contributed by atoms with E-state index in [0.29, 0.717) is 39.1 Å².